The molecule has 3 aromatic carbocycles. The number of hydrogen-bond acceptors (Lipinski definition) is 5. The van der Waals surface area contributed by atoms with Gasteiger partial charge in [0.1, 0.15) is 5.75 Å². The molecule has 1 aromatic heterocycles. The number of allylic oxidation sites excluding steroid dienone is 1. The Balaban J connectivity index is 1.61. The third kappa shape index (κ3) is 4.42. The van der Waals surface area contributed by atoms with Crippen molar-refractivity contribution in [2.75, 3.05) is 12.0 Å². The summed E-state index contributed by atoms with van der Waals surface area (Å²) in [5.74, 6) is 1.74. The zero-order valence-corrected chi connectivity index (χ0v) is 20.7. The first kappa shape index (κ1) is 22.8. The van der Waals surface area contributed by atoms with Crippen LogP contribution in [0.4, 0.5) is 5.69 Å². The van der Waals surface area contributed by atoms with Crippen molar-refractivity contribution >= 4 is 28.6 Å². The molecule has 7 heteroatoms. The monoisotopic (exact) mass is 482 g/mol. The van der Waals surface area contributed by atoms with Gasteiger partial charge >= 0.3 is 0 Å². The van der Waals surface area contributed by atoms with Crippen LogP contribution in [0.5, 0.6) is 5.75 Å². The summed E-state index contributed by atoms with van der Waals surface area (Å²) in [6, 6.07) is 26.0. The first-order valence-corrected chi connectivity index (χ1v) is 11.9. The van der Waals surface area contributed by atoms with Crippen LogP contribution in [0.3, 0.4) is 0 Å². The number of rotatable bonds is 6. The van der Waals surface area contributed by atoms with Gasteiger partial charge in [0.15, 0.2) is 5.11 Å². The van der Waals surface area contributed by atoms with E-state index in [2.05, 4.69) is 53.8 Å². The number of aromatic nitrogens is 2. The fraction of sp³-hybridized carbons (Fsp3) is 0.179. The van der Waals surface area contributed by atoms with Gasteiger partial charge in [-0.15, -0.1) is 0 Å². The third-order valence-corrected chi connectivity index (χ3v) is 6.53. The second-order valence-corrected chi connectivity index (χ2v) is 8.69. The first-order chi connectivity index (χ1) is 17.1. The molecule has 0 fully saturated rings. The molecule has 0 radical (unpaired) electrons. The number of methoxy groups -OCH3 is 1. The molecule has 1 atom stereocenters. The van der Waals surface area contributed by atoms with Crippen LogP contribution in [0.2, 0.25) is 0 Å². The van der Waals surface area contributed by atoms with Gasteiger partial charge in [0.2, 0.25) is 5.82 Å². The van der Waals surface area contributed by atoms with Crippen LogP contribution in [-0.2, 0) is 6.42 Å². The molecule has 5 rings (SSSR count). The molecule has 0 aliphatic carbocycles. The Morgan fingerprint density at radius 3 is 2.37 bits per heavy atom. The molecular weight excluding hydrogens is 456 g/mol. The van der Waals surface area contributed by atoms with Gasteiger partial charge in [-0.05, 0) is 73.1 Å². The summed E-state index contributed by atoms with van der Waals surface area (Å²) in [6.07, 6.45) is 0.981. The van der Waals surface area contributed by atoms with Crippen molar-refractivity contribution in [2.24, 2.45) is 0 Å². The Bertz CT molecular complexity index is 1360. The molecule has 0 saturated carbocycles. The number of anilines is 1. The van der Waals surface area contributed by atoms with E-state index in [-0.39, 0.29) is 6.04 Å². The highest BCUT2D eigenvalue weighted by molar-refractivity contribution is 7.80. The summed E-state index contributed by atoms with van der Waals surface area (Å²) in [7, 11) is 1.64. The highest BCUT2D eigenvalue weighted by Crippen LogP contribution is 2.39. The molecule has 6 nitrogen and oxygen atoms in total. The molecule has 35 heavy (non-hydrogen) atoms. The van der Waals surface area contributed by atoms with Gasteiger partial charge in [0.25, 0.3) is 5.89 Å². The number of ether oxygens (including phenoxy) is 1. The predicted octanol–water partition coefficient (Wildman–Crippen LogP) is 6.17. The van der Waals surface area contributed by atoms with Gasteiger partial charge in [-0.25, -0.2) is 0 Å². The van der Waals surface area contributed by atoms with Crippen molar-refractivity contribution in [1.82, 2.24) is 15.5 Å². The summed E-state index contributed by atoms with van der Waals surface area (Å²) in [6.45, 7) is 4.19. The highest BCUT2D eigenvalue weighted by atomic mass is 32.1. The molecule has 0 bridgehead atoms. The lowest BCUT2D eigenvalue weighted by molar-refractivity contribution is 0.404. The van der Waals surface area contributed by atoms with Gasteiger partial charge in [0, 0.05) is 16.9 Å². The Morgan fingerprint density at radius 2 is 1.71 bits per heavy atom. The van der Waals surface area contributed by atoms with E-state index in [9.17, 15) is 0 Å². The second-order valence-electron chi connectivity index (χ2n) is 8.30. The summed E-state index contributed by atoms with van der Waals surface area (Å²) in [4.78, 5) is 6.81. The van der Waals surface area contributed by atoms with Gasteiger partial charge < -0.3 is 14.6 Å². The normalized spacial score (nSPS) is 15.8. The molecular formula is C28H26N4O2S. The van der Waals surface area contributed by atoms with Crippen LogP contribution in [0, 0.1) is 0 Å². The average molecular weight is 483 g/mol. The lowest BCUT2D eigenvalue weighted by Crippen LogP contribution is -2.46. The topological polar surface area (TPSA) is 63.4 Å². The quantitative estimate of drug-likeness (QED) is 0.330. The SMILES string of the molecule is CCc1ccc(N2C(=S)NC(c3ccccc3)C(c3nc(-c4ccc(OC)cc4)no3)=C2C)cc1. The second kappa shape index (κ2) is 9.72. The number of aryl methyl sites for hydroxylation is 1. The number of benzene rings is 3. The fourth-order valence-corrected chi connectivity index (χ4v) is 4.66. The number of nitrogens with one attached hydrogen (secondary N) is 1. The molecule has 1 aliphatic heterocycles. The van der Waals surface area contributed by atoms with Crippen LogP contribution in [0.15, 0.2) is 89.1 Å². The third-order valence-electron chi connectivity index (χ3n) is 6.23. The zero-order chi connectivity index (χ0) is 24.4. The maximum absolute atomic E-state index is 5.83. The molecule has 0 spiro atoms. The van der Waals surface area contributed by atoms with Crippen LogP contribution in [-0.4, -0.2) is 22.4 Å². The summed E-state index contributed by atoms with van der Waals surface area (Å²) < 4.78 is 11.1. The molecule has 1 aliphatic rings. The van der Waals surface area contributed by atoms with E-state index in [1.54, 1.807) is 7.11 Å². The van der Waals surface area contributed by atoms with Crippen LogP contribution >= 0.6 is 12.2 Å². The Kier molecular flexibility index (Phi) is 6.33. The largest absolute Gasteiger partial charge is 0.497 e. The molecule has 176 valence electrons. The summed E-state index contributed by atoms with van der Waals surface area (Å²) >= 11 is 5.83. The number of hydrogen-bond donors (Lipinski definition) is 1. The Hall–Kier alpha value is -3.97. The van der Waals surface area contributed by atoms with E-state index < -0.39 is 0 Å². The van der Waals surface area contributed by atoms with Crippen molar-refractivity contribution < 1.29 is 9.26 Å². The Labute approximate surface area is 210 Å². The van der Waals surface area contributed by atoms with Crippen LogP contribution in [0.25, 0.3) is 17.0 Å². The van der Waals surface area contributed by atoms with E-state index in [1.165, 1.54) is 5.56 Å². The summed E-state index contributed by atoms with van der Waals surface area (Å²) in [5.41, 5.74) is 6.00. The lowest BCUT2D eigenvalue weighted by atomic mass is 9.94. The van der Waals surface area contributed by atoms with Crippen molar-refractivity contribution in [1.29, 1.82) is 0 Å². The minimum absolute atomic E-state index is 0.223. The molecule has 2 heterocycles. The maximum atomic E-state index is 5.83. The van der Waals surface area contributed by atoms with Crippen molar-refractivity contribution in [3.8, 4) is 17.1 Å². The smallest absolute Gasteiger partial charge is 0.258 e. The molecule has 1 unspecified atom stereocenters. The van der Waals surface area contributed by atoms with E-state index in [4.69, 9.17) is 26.5 Å². The molecule has 0 saturated heterocycles. The van der Waals surface area contributed by atoms with Crippen molar-refractivity contribution in [2.45, 2.75) is 26.3 Å². The highest BCUT2D eigenvalue weighted by Gasteiger charge is 2.34. The minimum atomic E-state index is -0.223. The average Bonchev–Trinajstić information content (AvgIpc) is 3.39. The lowest BCUT2D eigenvalue weighted by Gasteiger charge is -2.37. The van der Waals surface area contributed by atoms with E-state index >= 15 is 0 Å². The van der Waals surface area contributed by atoms with Gasteiger partial charge in [0.05, 0.1) is 18.7 Å². The predicted molar refractivity (Wildman–Crippen MR) is 142 cm³/mol. The number of thiocarbonyl (C=S) groups is 1. The van der Waals surface area contributed by atoms with Gasteiger partial charge in [-0.2, -0.15) is 4.98 Å². The fourth-order valence-electron chi connectivity index (χ4n) is 4.30. The van der Waals surface area contributed by atoms with E-state index in [0.29, 0.717) is 16.8 Å². The van der Waals surface area contributed by atoms with Crippen molar-refractivity contribution in [3.63, 3.8) is 0 Å². The summed E-state index contributed by atoms with van der Waals surface area (Å²) in [5, 5.41) is 8.41. The maximum Gasteiger partial charge on any atom is 0.258 e. The number of nitrogens with zero attached hydrogens (tertiary/aromatic N) is 3. The molecule has 4 aromatic rings. The van der Waals surface area contributed by atoms with Crippen LogP contribution < -0.4 is 15.0 Å². The zero-order valence-electron chi connectivity index (χ0n) is 19.9. The van der Waals surface area contributed by atoms with Gasteiger partial charge in [-0.1, -0.05) is 54.5 Å². The van der Waals surface area contributed by atoms with Crippen LogP contribution in [0.1, 0.15) is 36.9 Å². The Morgan fingerprint density at radius 1 is 1.00 bits per heavy atom. The molecule has 0 amide bonds. The standard InChI is InChI=1S/C28H26N4O2S/c1-4-19-10-14-22(15-11-19)32-18(2)24(25(29-28(32)35)20-8-6-5-7-9-20)27-30-26(31-34-27)21-12-16-23(33-3)17-13-21/h5-17,25H,4H2,1-3H3,(H,29,35). The van der Waals surface area contributed by atoms with Crippen molar-refractivity contribution in [3.05, 3.63) is 102 Å². The minimum Gasteiger partial charge on any atom is -0.497 e. The van der Waals surface area contributed by atoms with E-state index in [0.717, 1.165) is 40.3 Å². The molecule has 1 N–H and O–H groups in total. The first-order valence-electron chi connectivity index (χ1n) is 11.5. The van der Waals surface area contributed by atoms with Gasteiger partial charge in [-0.3, -0.25) is 4.90 Å². The van der Waals surface area contributed by atoms with E-state index in [1.807, 2.05) is 54.3 Å².